The quantitative estimate of drug-likeness (QED) is 0.902. The highest BCUT2D eigenvalue weighted by atomic mass is 32.2. The number of hydrogen-bond acceptors (Lipinski definition) is 7. The van der Waals surface area contributed by atoms with E-state index >= 15 is 0 Å². The molecule has 2 aromatic rings. The zero-order chi connectivity index (χ0) is 14.0. The summed E-state index contributed by atoms with van der Waals surface area (Å²) in [4.78, 5) is 9.98. The van der Waals surface area contributed by atoms with Crippen LogP contribution in [0, 0.1) is 0 Å². The number of hydrogen-bond donors (Lipinski definition) is 1. The molecule has 0 spiro atoms. The second kappa shape index (κ2) is 5.24. The average Bonchev–Trinajstić information content (AvgIpc) is 2.89. The number of aromatic nitrogens is 2. The molecule has 0 aliphatic rings. The largest absolute Gasteiger partial charge is 0.354 e. The van der Waals surface area contributed by atoms with Crippen molar-refractivity contribution in [2.45, 2.75) is 15.6 Å². The first kappa shape index (κ1) is 13.9. The fourth-order valence-electron chi connectivity index (χ4n) is 1.39. The molecule has 0 saturated heterocycles. The lowest BCUT2D eigenvalue weighted by atomic mass is 10.4. The SMILES string of the molecule is CN(C)c1ncc(S(=O)(=O)c2ccc(CN)nc2)s1. The minimum Gasteiger partial charge on any atom is -0.354 e. The molecular formula is C11H14N4O2S2. The van der Waals surface area contributed by atoms with Crippen molar-refractivity contribution in [1.29, 1.82) is 0 Å². The van der Waals surface area contributed by atoms with Crippen molar-refractivity contribution in [3.8, 4) is 0 Å². The standard InChI is InChI=1S/C11H14N4O2S2/c1-15(2)11-14-7-10(18-11)19(16,17)9-4-3-8(5-12)13-6-9/h3-4,6-7H,5,12H2,1-2H3. The Kier molecular flexibility index (Phi) is 3.83. The average molecular weight is 298 g/mol. The van der Waals surface area contributed by atoms with Crippen molar-refractivity contribution >= 4 is 26.3 Å². The Morgan fingerprint density at radius 3 is 2.47 bits per heavy atom. The molecule has 2 aromatic heterocycles. The second-order valence-corrected chi connectivity index (χ2v) is 7.23. The minimum absolute atomic E-state index is 0.152. The maximum atomic E-state index is 12.4. The van der Waals surface area contributed by atoms with Gasteiger partial charge >= 0.3 is 0 Å². The summed E-state index contributed by atoms with van der Waals surface area (Å²) in [6, 6.07) is 3.13. The summed E-state index contributed by atoms with van der Waals surface area (Å²) in [5.41, 5.74) is 6.08. The number of anilines is 1. The molecule has 2 heterocycles. The van der Waals surface area contributed by atoms with Crippen LogP contribution in [0.1, 0.15) is 5.69 Å². The molecule has 0 bridgehead atoms. The first-order valence-corrected chi connectivity index (χ1v) is 7.78. The van der Waals surface area contributed by atoms with Gasteiger partial charge < -0.3 is 10.6 Å². The third kappa shape index (κ3) is 2.75. The Labute approximate surface area is 115 Å². The van der Waals surface area contributed by atoms with Gasteiger partial charge in [-0.3, -0.25) is 4.98 Å². The van der Waals surface area contributed by atoms with Crippen molar-refractivity contribution in [3.63, 3.8) is 0 Å². The first-order chi connectivity index (χ1) is 8.95. The lowest BCUT2D eigenvalue weighted by Gasteiger charge is -2.05. The molecule has 2 N–H and O–H groups in total. The molecule has 0 amide bonds. The van der Waals surface area contributed by atoms with Gasteiger partial charge in [0.25, 0.3) is 0 Å². The van der Waals surface area contributed by atoms with E-state index in [2.05, 4.69) is 9.97 Å². The van der Waals surface area contributed by atoms with Crippen molar-refractivity contribution < 1.29 is 8.42 Å². The van der Waals surface area contributed by atoms with E-state index in [1.54, 1.807) is 11.0 Å². The predicted molar refractivity (Wildman–Crippen MR) is 74.0 cm³/mol. The molecule has 0 aromatic carbocycles. The number of rotatable bonds is 4. The summed E-state index contributed by atoms with van der Waals surface area (Å²) >= 11 is 1.13. The van der Waals surface area contributed by atoms with Crippen LogP contribution in [0.5, 0.6) is 0 Å². The molecule has 0 aliphatic heterocycles. The van der Waals surface area contributed by atoms with Gasteiger partial charge in [0.15, 0.2) is 5.13 Å². The molecule has 2 rings (SSSR count). The molecule has 0 unspecified atom stereocenters. The van der Waals surface area contributed by atoms with E-state index in [1.165, 1.54) is 18.5 Å². The number of thiazole rings is 1. The molecule has 0 atom stereocenters. The highest BCUT2D eigenvalue weighted by molar-refractivity contribution is 7.93. The summed E-state index contributed by atoms with van der Waals surface area (Å²) in [6.45, 7) is 0.283. The third-order valence-electron chi connectivity index (χ3n) is 2.44. The van der Waals surface area contributed by atoms with Crippen LogP contribution < -0.4 is 10.6 Å². The van der Waals surface area contributed by atoms with Gasteiger partial charge in [-0.05, 0) is 12.1 Å². The van der Waals surface area contributed by atoms with E-state index in [-0.39, 0.29) is 15.6 Å². The summed E-state index contributed by atoms with van der Waals surface area (Å²) < 4.78 is 24.9. The summed E-state index contributed by atoms with van der Waals surface area (Å²) in [6.07, 6.45) is 2.69. The molecular weight excluding hydrogens is 284 g/mol. The number of sulfone groups is 1. The smallest absolute Gasteiger partial charge is 0.219 e. The maximum Gasteiger partial charge on any atom is 0.219 e. The first-order valence-electron chi connectivity index (χ1n) is 5.48. The maximum absolute atomic E-state index is 12.4. The Hall–Kier alpha value is -1.51. The molecule has 0 radical (unpaired) electrons. The highest BCUT2D eigenvalue weighted by Crippen LogP contribution is 2.29. The van der Waals surface area contributed by atoms with Gasteiger partial charge in [-0.25, -0.2) is 13.4 Å². The van der Waals surface area contributed by atoms with Crippen LogP contribution in [-0.2, 0) is 16.4 Å². The minimum atomic E-state index is -3.55. The fraction of sp³-hybridized carbons (Fsp3) is 0.273. The van der Waals surface area contributed by atoms with Crippen molar-refractivity contribution in [2.75, 3.05) is 19.0 Å². The van der Waals surface area contributed by atoms with Gasteiger partial charge in [-0.15, -0.1) is 0 Å². The van der Waals surface area contributed by atoms with Crippen LogP contribution in [0.3, 0.4) is 0 Å². The van der Waals surface area contributed by atoms with Gasteiger partial charge in [-0.1, -0.05) is 11.3 Å². The summed E-state index contributed by atoms with van der Waals surface area (Å²) in [5.74, 6) is 0. The highest BCUT2D eigenvalue weighted by Gasteiger charge is 2.21. The van der Waals surface area contributed by atoms with Gasteiger partial charge in [0.1, 0.15) is 4.21 Å². The van der Waals surface area contributed by atoms with Crippen LogP contribution in [0.15, 0.2) is 33.6 Å². The van der Waals surface area contributed by atoms with Gasteiger partial charge in [-0.2, -0.15) is 0 Å². The van der Waals surface area contributed by atoms with E-state index < -0.39 is 9.84 Å². The molecule has 0 aliphatic carbocycles. The van der Waals surface area contributed by atoms with Crippen LogP contribution in [-0.4, -0.2) is 32.5 Å². The second-order valence-electron chi connectivity index (χ2n) is 4.05. The predicted octanol–water partition coefficient (Wildman–Crippen LogP) is 0.896. The normalized spacial score (nSPS) is 11.5. The van der Waals surface area contributed by atoms with Crippen molar-refractivity contribution in [3.05, 3.63) is 30.2 Å². The van der Waals surface area contributed by atoms with Gasteiger partial charge in [0.2, 0.25) is 9.84 Å². The Morgan fingerprint density at radius 1 is 1.26 bits per heavy atom. The zero-order valence-corrected chi connectivity index (χ0v) is 12.2. The number of pyridine rings is 1. The molecule has 102 valence electrons. The van der Waals surface area contributed by atoms with E-state index in [4.69, 9.17) is 5.73 Å². The molecule has 19 heavy (non-hydrogen) atoms. The number of nitrogens with zero attached hydrogens (tertiary/aromatic N) is 3. The van der Waals surface area contributed by atoms with Crippen LogP contribution in [0.4, 0.5) is 5.13 Å². The molecule has 6 nitrogen and oxygen atoms in total. The zero-order valence-electron chi connectivity index (χ0n) is 10.6. The lowest BCUT2D eigenvalue weighted by molar-refractivity contribution is 0.597. The van der Waals surface area contributed by atoms with E-state index in [0.29, 0.717) is 10.8 Å². The van der Waals surface area contributed by atoms with E-state index in [1.807, 2.05) is 14.1 Å². The molecule has 8 heteroatoms. The lowest BCUT2D eigenvalue weighted by Crippen LogP contribution is -2.07. The van der Waals surface area contributed by atoms with E-state index in [9.17, 15) is 8.42 Å². The Bertz CT molecular complexity index is 662. The molecule has 0 saturated carbocycles. The summed E-state index contributed by atoms with van der Waals surface area (Å²) in [7, 11) is 0.0741. The summed E-state index contributed by atoms with van der Waals surface area (Å²) in [5, 5.41) is 0.644. The Morgan fingerprint density at radius 2 is 2.00 bits per heavy atom. The topological polar surface area (TPSA) is 89.2 Å². The van der Waals surface area contributed by atoms with Crippen molar-refractivity contribution in [1.82, 2.24) is 9.97 Å². The fourth-order valence-corrected chi connectivity index (χ4v) is 3.78. The van der Waals surface area contributed by atoms with Gasteiger partial charge in [0.05, 0.1) is 16.8 Å². The van der Waals surface area contributed by atoms with E-state index in [0.717, 1.165) is 11.3 Å². The van der Waals surface area contributed by atoms with Crippen molar-refractivity contribution in [2.24, 2.45) is 5.73 Å². The third-order valence-corrected chi connectivity index (χ3v) is 5.80. The Balaban J connectivity index is 2.40. The van der Waals surface area contributed by atoms with Crippen LogP contribution >= 0.6 is 11.3 Å². The van der Waals surface area contributed by atoms with Crippen LogP contribution in [0.25, 0.3) is 0 Å². The molecule has 0 fully saturated rings. The van der Waals surface area contributed by atoms with Crippen LogP contribution in [0.2, 0.25) is 0 Å². The van der Waals surface area contributed by atoms with Gasteiger partial charge in [0, 0.05) is 26.8 Å². The number of nitrogens with two attached hydrogens (primary N) is 1. The monoisotopic (exact) mass is 298 g/mol.